The highest BCUT2D eigenvalue weighted by molar-refractivity contribution is 7.87. The molecule has 4 aromatic carbocycles. The summed E-state index contributed by atoms with van der Waals surface area (Å²) in [4.78, 5) is 11.3. The molecule has 0 aliphatic heterocycles. The zero-order valence-electron chi connectivity index (χ0n) is 18.4. The largest absolute Gasteiger partial charge is 0.398 e. The van der Waals surface area contributed by atoms with Gasteiger partial charge in [0, 0.05) is 5.56 Å². The Balaban J connectivity index is 1.75. The van der Waals surface area contributed by atoms with Gasteiger partial charge in [0.1, 0.15) is 4.90 Å². The van der Waals surface area contributed by atoms with Crippen LogP contribution in [0.1, 0.15) is 10.4 Å². The third kappa shape index (κ3) is 4.70. The Kier molecular flexibility index (Phi) is 6.61. The second-order valence-electron chi connectivity index (χ2n) is 7.68. The van der Waals surface area contributed by atoms with Crippen LogP contribution in [0.3, 0.4) is 0 Å². The standard InChI is InChI=1S/C25H15F5N2O4S/c26-18-19(27)21(29)24(22(30)20(18)28)36-37(34,35)15-8-6-13(7-9-15)16-10-14(12-4-2-1-3-5-12)11-17(23(16)31)25(32)33/h1-11H,31H2,(H2,32,33). The predicted octanol–water partition coefficient (Wildman–Crippen LogP) is 5.16. The summed E-state index contributed by atoms with van der Waals surface area (Å²) in [5.74, 6) is -14.8. The molecule has 0 aromatic heterocycles. The highest BCUT2D eigenvalue weighted by Gasteiger charge is 2.31. The first kappa shape index (κ1) is 25.6. The minimum absolute atomic E-state index is 0.0143. The Morgan fingerprint density at radius 2 is 1.24 bits per heavy atom. The van der Waals surface area contributed by atoms with Crippen LogP contribution in [-0.2, 0) is 10.1 Å². The SMILES string of the molecule is NC(=O)c1cc(-c2ccccc2)cc(-c2ccc(S(=O)(=O)Oc3c(F)c(F)c(F)c(F)c3F)cc2)c1N. The Morgan fingerprint density at radius 1 is 0.703 bits per heavy atom. The quantitative estimate of drug-likeness (QED) is 0.117. The van der Waals surface area contributed by atoms with Gasteiger partial charge in [-0.05, 0) is 41.0 Å². The maximum Gasteiger partial charge on any atom is 0.339 e. The molecular weight excluding hydrogens is 519 g/mol. The molecule has 0 saturated carbocycles. The van der Waals surface area contributed by atoms with Crippen LogP contribution < -0.4 is 15.7 Å². The van der Waals surface area contributed by atoms with E-state index in [-0.39, 0.29) is 11.3 Å². The van der Waals surface area contributed by atoms with Gasteiger partial charge in [0.2, 0.25) is 34.8 Å². The molecule has 4 N–H and O–H groups in total. The van der Waals surface area contributed by atoms with Gasteiger partial charge < -0.3 is 15.7 Å². The van der Waals surface area contributed by atoms with Crippen molar-refractivity contribution in [3.05, 3.63) is 101 Å². The number of anilines is 1. The molecule has 4 rings (SSSR count). The van der Waals surface area contributed by atoms with E-state index in [4.69, 9.17) is 11.5 Å². The number of carbonyl (C=O) groups is 1. The van der Waals surface area contributed by atoms with E-state index in [1.165, 1.54) is 18.2 Å². The van der Waals surface area contributed by atoms with Gasteiger partial charge in [-0.25, -0.2) is 13.2 Å². The molecule has 4 aromatic rings. The fraction of sp³-hybridized carbons (Fsp3) is 0. The summed E-state index contributed by atoms with van der Waals surface area (Å²) < 4.78 is 97.2. The van der Waals surface area contributed by atoms with Crippen LogP contribution in [0.25, 0.3) is 22.3 Å². The molecule has 0 fully saturated rings. The Bertz CT molecular complexity index is 1620. The van der Waals surface area contributed by atoms with Gasteiger partial charge in [-0.2, -0.15) is 17.2 Å². The Morgan fingerprint density at radius 3 is 1.78 bits per heavy atom. The molecule has 12 heteroatoms. The topological polar surface area (TPSA) is 112 Å². The first-order chi connectivity index (χ1) is 17.4. The molecule has 0 radical (unpaired) electrons. The van der Waals surface area contributed by atoms with Crippen LogP contribution in [0.5, 0.6) is 5.75 Å². The number of nitrogen functional groups attached to an aromatic ring is 1. The van der Waals surface area contributed by atoms with Gasteiger partial charge in [0.25, 0.3) is 5.91 Å². The van der Waals surface area contributed by atoms with Gasteiger partial charge in [-0.1, -0.05) is 42.5 Å². The molecule has 0 heterocycles. The second kappa shape index (κ2) is 9.54. The van der Waals surface area contributed by atoms with Gasteiger partial charge in [0.15, 0.2) is 0 Å². The van der Waals surface area contributed by atoms with Crippen LogP contribution in [0.2, 0.25) is 0 Å². The monoisotopic (exact) mass is 534 g/mol. The van der Waals surface area contributed by atoms with E-state index in [2.05, 4.69) is 4.18 Å². The number of primary amides is 1. The number of amides is 1. The van der Waals surface area contributed by atoms with Crippen molar-refractivity contribution < 1.29 is 39.3 Å². The lowest BCUT2D eigenvalue weighted by atomic mass is 9.94. The van der Waals surface area contributed by atoms with Crippen molar-refractivity contribution in [2.24, 2.45) is 5.73 Å². The molecule has 0 spiro atoms. The van der Waals surface area contributed by atoms with E-state index in [0.717, 1.165) is 17.7 Å². The van der Waals surface area contributed by atoms with E-state index < -0.39 is 55.8 Å². The average molecular weight is 534 g/mol. The van der Waals surface area contributed by atoms with E-state index in [9.17, 15) is 35.2 Å². The summed E-state index contributed by atoms with van der Waals surface area (Å²) in [5.41, 5.74) is 13.6. The number of hydrogen-bond acceptors (Lipinski definition) is 5. The number of halogens is 5. The van der Waals surface area contributed by atoms with E-state index in [1.54, 1.807) is 36.4 Å². The smallest absolute Gasteiger partial charge is 0.339 e. The lowest BCUT2D eigenvalue weighted by Crippen LogP contribution is -2.15. The van der Waals surface area contributed by atoms with Crippen LogP contribution in [0.15, 0.2) is 71.6 Å². The third-order valence-corrected chi connectivity index (χ3v) is 6.60. The molecular formula is C25H15F5N2O4S. The van der Waals surface area contributed by atoms with Gasteiger partial charge in [-0.15, -0.1) is 0 Å². The van der Waals surface area contributed by atoms with Crippen LogP contribution in [-0.4, -0.2) is 14.3 Å². The number of nitrogens with two attached hydrogens (primary N) is 2. The first-order valence-corrected chi connectivity index (χ1v) is 11.7. The summed E-state index contributed by atoms with van der Waals surface area (Å²) in [7, 11) is -5.03. The maximum atomic E-state index is 13.9. The lowest BCUT2D eigenvalue weighted by molar-refractivity contribution is 0.100. The van der Waals surface area contributed by atoms with Crippen molar-refractivity contribution >= 4 is 21.7 Å². The molecule has 6 nitrogen and oxygen atoms in total. The molecule has 190 valence electrons. The zero-order valence-corrected chi connectivity index (χ0v) is 19.3. The molecule has 37 heavy (non-hydrogen) atoms. The molecule has 0 aliphatic carbocycles. The maximum absolute atomic E-state index is 13.9. The Labute approximate surface area is 207 Å². The van der Waals surface area contributed by atoms with Crippen molar-refractivity contribution in [2.45, 2.75) is 4.90 Å². The second-order valence-corrected chi connectivity index (χ2v) is 9.22. The molecule has 0 aliphatic rings. The van der Waals surface area contributed by atoms with Gasteiger partial charge in [-0.3, -0.25) is 4.79 Å². The highest BCUT2D eigenvalue weighted by atomic mass is 32.2. The van der Waals surface area contributed by atoms with E-state index in [1.807, 2.05) is 0 Å². The molecule has 0 atom stereocenters. The summed E-state index contributed by atoms with van der Waals surface area (Å²) in [6, 6.07) is 16.5. The average Bonchev–Trinajstić information content (AvgIpc) is 2.89. The normalized spacial score (nSPS) is 11.4. The number of rotatable bonds is 6. The fourth-order valence-electron chi connectivity index (χ4n) is 3.51. The highest BCUT2D eigenvalue weighted by Crippen LogP contribution is 2.36. The van der Waals surface area contributed by atoms with E-state index in [0.29, 0.717) is 16.7 Å². The minimum atomic E-state index is -5.03. The zero-order chi connectivity index (χ0) is 27.1. The van der Waals surface area contributed by atoms with Crippen molar-refractivity contribution in [3.8, 4) is 28.0 Å². The fourth-order valence-corrected chi connectivity index (χ4v) is 4.44. The van der Waals surface area contributed by atoms with Crippen LogP contribution >= 0.6 is 0 Å². The third-order valence-electron chi connectivity index (χ3n) is 5.37. The van der Waals surface area contributed by atoms with Crippen molar-refractivity contribution in [3.63, 3.8) is 0 Å². The Hall–Kier alpha value is -4.45. The van der Waals surface area contributed by atoms with Gasteiger partial charge >= 0.3 is 10.1 Å². The minimum Gasteiger partial charge on any atom is -0.398 e. The molecule has 0 bridgehead atoms. The van der Waals surface area contributed by atoms with Crippen molar-refractivity contribution in [1.29, 1.82) is 0 Å². The summed E-state index contributed by atoms with van der Waals surface area (Å²) in [6.45, 7) is 0. The number of hydrogen-bond donors (Lipinski definition) is 2. The predicted molar refractivity (Wildman–Crippen MR) is 124 cm³/mol. The molecule has 0 saturated heterocycles. The van der Waals surface area contributed by atoms with Gasteiger partial charge in [0.05, 0.1) is 11.3 Å². The molecule has 0 unspecified atom stereocenters. The van der Waals surface area contributed by atoms with Crippen molar-refractivity contribution in [1.82, 2.24) is 0 Å². The van der Waals surface area contributed by atoms with Crippen LogP contribution in [0, 0.1) is 29.1 Å². The lowest BCUT2D eigenvalue weighted by Gasteiger charge is -2.14. The summed E-state index contributed by atoms with van der Waals surface area (Å²) in [6.07, 6.45) is 0. The number of benzene rings is 4. The summed E-state index contributed by atoms with van der Waals surface area (Å²) >= 11 is 0. The molecule has 1 amide bonds. The van der Waals surface area contributed by atoms with Crippen LogP contribution in [0.4, 0.5) is 27.6 Å². The van der Waals surface area contributed by atoms with Crippen molar-refractivity contribution in [2.75, 3.05) is 5.73 Å². The summed E-state index contributed by atoms with van der Waals surface area (Å²) in [5, 5.41) is 0. The van der Waals surface area contributed by atoms with E-state index >= 15 is 0 Å². The first-order valence-electron chi connectivity index (χ1n) is 10.3. The number of carbonyl (C=O) groups excluding carboxylic acids is 1.